The summed E-state index contributed by atoms with van der Waals surface area (Å²) < 4.78 is 0. The van der Waals surface area contributed by atoms with Crippen LogP contribution in [0.25, 0.3) is 22.3 Å². The Kier molecular flexibility index (Phi) is 3.42. The van der Waals surface area contributed by atoms with Crippen molar-refractivity contribution in [3.63, 3.8) is 0 Å². The Bertz CT molecular complexity index is 821. The van der Waals surface area contributed by atoms with E-state index < -0.39 is 0 Å². The van der Waals surface area contributed by atoms with Gasteiger partial charge in [-0.2, -0.15) is 0 Å². The van der Waals surface area contributed by atoms with E-state index in [4.69, 9.17) is 34.8 Å². The number of halogens is 3. The Morgan fingerprint density at radius 3 is 2.30 bits per heavy atom. The number of phenolic OH excluding ortho intramolecular Hbond substituents is 1. The molecule has 0 radical (unpaired) electrons. The van der Waals surface area contributed by atoms with Gasteiger partial charge in [0, 0.05) is 15.6 Å². The zero-order valence-electron chi connectivity index (χ0n) is 9.94. The van der Waals surface area contributed by atoms with Gasteiger partial charge in [-0.3, -0.25) is 0 Å². The maximum Gasteiger partial charge on any atom is 0.156 e. The summed E-state index contributed by atoms with van der Waals surface area (Å²) in [6.07, 6.45) is 0. The van der Waals surface area contributed by atoms with Gasteiger partial charge in [0.2, 0.25) is 0 Å². The lowest BCUT2D eigenvalue weighted by Crippen LogP contribution is -1.92. The molecule has 3 nitrogen and oxygen atoms in total. The number of fused-ring (bicyclic) bond motifs is 1. The van der Waals surface area contributed by atoms with Gasteiger partial charge in [0.25, 0.3) is 0 Å². The molecule has 3 rings (SSSR count). The molecule has 0 bridgehead atoms. The number of nitrogens with zero attached hydrogens (tertiary/aromatic N) is 2. The van der Waals surface area contributed by atoms with Gasteiger partial charge in [0.1, 0.15) is 11.4 Å². The van der Waals surface area contributed by atoms with E-state index in [1.165, 1.54) is 6.07 Å². The summed E-state index contributed by atoms with van der Waals surface area (Å²) in [5, 5.41) is 11.1. The maximum absolute atomic E-state index is 9.93. The molecule has 0 saturated heterocycles. The molecular weight excluding hydrogens is 319 g/mol. The molecule has 0 saturated carbocycles. The molecule has 0 amide bonds. The van der Waals surface area contributed by atoms with Crippen LogP contribution in [-0.2, 0) is 0 Å². The second kappa shape index (κ2) is 5.09. The van der Waals surface area contributed by atoms with Crippen molar-refractivity contribution in [3.05, 3.63) is 51.6 Å². The van der Waals surface area contributed by atoms with Crippen molar-refractivity contribution < 1.29 is 5.11 Å². The summed E-state index contributed by atoms with van der Waals surface area (Å²) >= 11 is 18.0. The van der Waals surface area contributed by atoms with Gasteiger partial charge in [-0.25, -0.2) is 9.97 Å². The monoisotopic (exact) mass is 324 g/mol. The molecule has 100 valence electrons. The zero-order valence-corrected chi connectivity index (χ0v) is 12.2. The molecule has 0 aliphatic carbocycles. The van der Waals surface area contributed by atoms with E-state index in [0.717, 1.165) is 0 Å². The second-order valence-electron chi connectivity index (χ2n) is 4.16. The normalized spacial score (nSPS) is 10.9. The zero-order chi connectivity index (χ0) is 14.3. The van der Waals surface area contributed by atoms with Crippen LogP contribution < -0.4 is 0 Å². The molecule has 0 aliphatic rings. The summed E-state index contributed by atoms with van der Waals surface area (Å²) in [4.78, 5) is 8.66. The molecule has 0 fully saturated rings. The minimum atomic E-state index is 0.0342. The van der Waals surface area contributed by atoms with Gasteiger partial charge in [0.15, 0.2) is 5.15 Å². The van der Waals surface area contributed by atoms with Crippen molar-refractivity contribution in [2.24, 2.45) is 0 Å². The Balaban J connectivity index is 2.30. The summed E-state index contributed by atoms with van der Waals surface area (Å²) in [6.45, 7) is 0. The fourth-order valence-electron chi connectivity index (χ4n) is 1.88. The van der Waals surface area contributed by atoms with Crippen molar-refractivity contribution in [2.75, 3.05) is 0 Å². The Hall–Kier alpha value is -1.55. The van der Waals surface area contributed by atoms with Crippen molar-refractivity contribution in [2.45, 2.75) is 0 Å². The minimum absolute atomic E-state index is 0.0342. The van der Waals surface area contributed by atoms with Crippen LogP contribution in [0.5, 0.6) is 5.75 Å². The topological polar surface area (TPSA) is 46.0 Å². The molecule has 1 N–H and O–H groups in total. The molecular formula is C14H7Cl3N2O. The Labute approximate surface area is 129 Å². The molecule has 2 aromatic carbocycles. The lowest BCUT2D eigenvalue weighted by atomic mass is 10.1. The molecule has 0 aliphatic heterocycles. The quantitative estimate of drug-likeness (QED) is 0.687. The molecule has 1 heterocycles. The van der Waals surface area contributed by atoms with E-state index in [2.05, 4.69) is 9.97 Å². The van der Waals surface area contributed by atoms with Crippen LogP contribution in [0.3, 0.4) is 0 Å². The van der Waals surface area contributed by atoms with Crippen molar-refractivity contribution >= 4 is 45.8 Å². The predicted octanol–water partition coefficient (Wildman–Crippen LogP) is 4.96. The number of phenols is 1. The van der Waals surface area contributed by atoms with Gasteiger partial charge in [-0.1, -0.05) is 34.8 Å². The smallest absolute Gasteiger partial charge is 0.156 e. The summed E-state index contributed by atoms with van der Waals surface area (Å²) in [5.74, 6) is 0.0342. The molecule has 0 atom stereocenters. The maximum atomic E-state index is 9.93. The van der Waals surface area contributed by atoms with Crippen molar-refractivity contribution in [3.8, 4) is 17.0 Å². The lowest BCUT2D eigenvalue weighted by Gasteiger charge is -2.08. The average molecular weight is 326 g/mol. The number of aromatic hydroxyl groups is 1. The summed E-state index contributed by atoms with van der Waals surface area (Å²) in [7, 11) is 0. The number of rotatable bonds is 1. The number of hydrogen-bond acceptors (Lipinski definition) is 3. The van der Waals surface area contributed by atoms with Crippen molar-refractivity contribution in [1.82, 2.24) is 9.97 Å². The van der Waals surface area contributed by atoms with Gasteiger partial charge in [-0.05, 0) is 36.4 Å². The highest BCUT2D eigenvalue weighted by molar-refractivity contribution is 6.33. The van der Waals surface area contributed by atoms with Crippen LogP contribution in [-0.4, -0.2) is 15.1 Å². The van der Waals surface area contributed by atoms with Crippen LogP contribution in [0.15, 0.2) is 36.4 Å². The summed E-state index contributed by atoms with van der Waals surface area (Å²) in [5.41, 5.74) is 2.01. The molecule has 0 spiro atoms. The molecule has 6 heteroatoms. The highest BCUT2D eigenvalue weighted by atomic mass is 35.5. The molecule has 20 heavy (non-hydrogen) atoms. The van der Waals surface area contributed by atoms with E-state index in [0.29, 0.717) is 32.3 Å². The first-order chi connectivity index (χ1) is 9.54. The van der Waals surface area contributed by atoms with E-state index >= 15 is 0 Å². The first-order valence-corrected chi connectivity index (χ1v) is 6.79. The highest BCUT2D eigenvalue weighted by Crippen LogP contribution is 2.35. The Morgan fingerprint density at radius 2 is 1.50 bits per heavy atom. The second-order valence-corrected chi connectivity index (χ2v) is 5.39. The largest absolute Gasteiger partial charge is 0.507 e. The van der Waals surface area contributed by atoms with E-state index in [1.807, 2.05) is 0 Å². The number of hydrogen-bond donors (Lipinski definition) is 1. The number of aromatic nitrogens is 2. The van der Waals surface area contributed by atoms with Crippen LogP contribution in [0.2, 0.25) is 15.2 Å². The van der Waals surface area contributed by atoms with Crippen LogP contribution >= 0.6 is 34.8 Å². The van der Waals surface area contributed by atoms with E-state index in [-0.39, 0.29) is 10.9 Å². The van der Waals surface area contributed by atoms with Crippen LogP contribution in [0.4, 0.5) is 0 Å². The van der Waals surface area contributed by atoms with Gasteiger partial charge in [0.05, 0.1) is 11.0 Å². The predicted molar refractivity (Wildman–Crippen MR) is 81.7 cm³/mol. The molecule has 3 aromatic rings. The fraction of sp³-hybridized carbons (Fsp3) is 0. The Morgan fingerprint density at radius 1 is 0.800 bits per heavy atom. The average Bonchev–Trinajstić information content (AvgIpc) is 2.41. The van der Waals surface area contributed by atoms with Crippen LogP contribution in [0, 0.1) is 0 Å². The van der Waals surface area contributed by atoms with E-state index in [9.17, 15) is 5.11 Å². The SMILES string of the molecule is Oc1ccc(Cl)cc1-c1nc2cc(Cl)ccc2nc1Cl. The van der Waals surface area contributed by atoms with Gasteiger partial charge in [-0.15, -0.1) is 0 Å². The van der Waals surface area contributed by atoms with Gasteiger partial charge >= 0.3 is 0 Å². The fourth-order valence-corrected chi connectivity index (χ4v) is 2.45. The van der Waals surface area contributed by atoms with Crippen molar-refractivity contribution in [1.29, 1.82) is 0 Å². The lowest BCUT2D eigenvalue weighted by molar-refractivity contribution is 0.477. The first-order valence-electron chi connectivity index (χ1n) is 5.66. The minimum Gasteiger partial charge on any atom is -0.507 e. The summed E-state index contributed by atoms with van der Waals surface area (Å²) in [6, 6.07) is 9.79. The molecule has 1 aromatic heterocycles. The number of benzene rings is 2. The van der Waals surface area contributed by atoms with E-state index in [1.54, 1.807) is 30.3 Å². The molecule has 0 unspecified atom stereocenters. The third kappa shape index (κ3) is 2.40. The third-order valence-corrected chi connectivity index (χ3v) is 3.53. The highest BCUT2D eigenvalue weighted by Gasteiger charge is 2.13. The standard InChI is InChI=1S/C14H7Cl3N2O/c15-7-2-4-12(20)9(5-7)13-14(17)19-10-3-1-8(16)6-11(10)18-13/h1-6,20H. The van der Waals surface area contributed by atoms with Gasteiger partial charge < -0.3 is 5.11 Å². The van der Waals surface area contributed by atoms with Crippen LogP contribution in [0.1, 0.15) is 0 Å². The third-order valence-electron chi connectivity index (χ3n) is 2.80. The first kappa shape index (κ1) is 13.4.